The van der Waals surface area contributed by atoms with E-state index in [1.165, 1.54) is 12.1 Å². The van der Waals surface area contributed by atoms with Crippen molar-refractivity contribution in [2.24, 2.45) is 0 Å². The number of hydrogen-bond donors (Lipinski definition) is 0. The first kappa shape index (κ1) is 8.67. The first-order chi connectivity index (χ1) is 5.08. The van der Waals surface area contributed by atoms with Crippen molar-refractivity contribution in [1.82, 2.24) is 0 Å². The first-order valence-electron chi connectivity index (χ1n) is 2.89. The Balaban J connectivity index is 2.66. The Morgan fingerprint density at radius 1 is 1.00 bits per heavy atom. The van der Waals surface area contributed by atoms with Gasteiger partial charge in [0.2, 0.25) is 0 Å². The summed E-state index contributed by atoms with van der Waals surface area (Å²) < 4.78 is 35.5. The van der Waals surface area contributed by atoms with Crippen LogP contribution in [0.2, 0.25) is 0 Å². The standard InChI is InChI=1S/C6H5F3SSi/c7-11(8,9)10-6-4-2-1-3-5-6/h1-5H. The molecule has 1 aromatic carbocycles. The molecule has 0 N–H and O–H groups in total. The lowest BCUT2D eigenvalue weighted by Gasteiger charge is -1.99. The van der Waals surface area contributed by atoms with Crippen LogP contribution in [0.15, 0.2) is 35.2 Å². The second-order valence-corrected chi connectivity index (χ2v) is 5.43. The SMILES string of the molecule is F[Si](F)(F)Sc1ccccc1. The van der Waals surface area contributed by atoms with Crippen molar-refractivity contribution in [2.75, 3.05) is 0 Å². The largest absolute Gasteiger partial charge is 0.695 e. The van der Waals surface area contributed by atoms with Crippen LogP contribution in [0.3, 0.4) is 0 Å². The Morgan fingerprint density at radius 3 is 2.00 bits per heavy atom. The average Bonchev–Trinajstić information content (AvgIpc) is 1.85. The van der Waals surface area contributed by atoms with Crippen LogP contribution in [0.4, 0.5) is 12.3 Å². The van der Waals surface area contributed by atoms with Crippen LogP contribution >= 0.6 is 11.2 Å². The second kappa shape index (κ2) is 3.32. The van der Waals surface area contributed by atoms with Crippen molar-refractivity contribution < 1.29 is 12.3 Å². The van der Waals surface area contributed by atoms with Gasteiger partial charge in [0, 0.05) is 4.90 Å². The van der Waals surface area contributed by atoms with E-state index in [2.05, 4.69) is 0 Å². The van der Waals surface area contributed by atoms with Gasteiger partial charge in [-0.25, -0.2) is 12.3 Å². The Hall–Kier alpha value is -0.423. The van der Waals surface area contributed by atoms with Gasteiger partial charge in [0.1, 0.15) is 0 Å². The highest BCUT2D eigenvalue weighted by Gasteiger charge is 2.39. The summed E-state index contributed by atoms with van der Waals surface area (Å²) in [5, 5.41) is 0. The molecule has 1 aromatic rings. The van der Waals surface area contributed by atoms with Crippen LogP contribution in [-0.2, 0) is 0 Å². The van der Waals surface area contributed by atoms with Crippen molar-refractivity contribution in [3.8, 4) is 0 Å². The molecule has 0 unspecified atom stereocenters. The van der Waals surface area contributed by atoms with E-state index in [0.717, 1.165) is 0 Å². The summed E-state index contributed by atoms with van der Waals surface area (Å²) in [6.07, 6.45) is 0. The van der Waals surface area contributed by atoms with Crippen molar-refractivity contribution in [3.05, 3.63) is 30.3 Å². The third-order valence-corrected chi connectivity index (χ3v) is 3.12. The molecule has 0 bridgehead atoms. The molecule has 11 heavy (non-hydrogen) atoms. The Labute approximate surface area is 67.6 Å². The molecule has 0 aliphatic rings. The lowest BCUT2D eigenvalue weighted by Crippen LogP contribution is -2.07. The van der Waals surface area contributed by atoms with Gasteiger partial charge >= 0.3 is 8.22 Å². The molecule has 0 aliphatic heterocycles. The van der Waals surface area contributed by atoms with Crippen LogP contribution in [0.25, 0.3) is 0 Å². The number of halogens is 3. The summed E-state index contributed by atoms with van der Waals surface area (Å²) in [6.45, 7) is 0. The molecular formula is C6H5F3SSi. The maximum atomic E-state index is 11.8. The second-order valence-electron chi connectivity index (χ2n) is 1.86. The fourth-order valence-electron chi connectivity index (χ4n) is 0.622. The normalized spacial score (nSPS) is 11.5. The van der Waals surface area contributed by atoms with Crippen LogP contribution in [0.5, 0.6) is 0 Å². The number of hydrogen-bond acceptors (Lipinski definition) is 1. The summed E-state index contributed by atoms with van der Waals surface area (Å²) in [5.41, 5.74) is 0. The van der Waals surface area contributed by atoms with E-state index in [1.54, 1.807) is 18.2 Å². The lowest BCUT2D eigenvalue weighted by molar-refractivity contribution is 0.520. The summed E-state index contributed by atoms with van der Waals surface area (Å²) >= 11 is 0.0396. The van der Waals surface area contributed by atoms with Gasteiger partial charge in [-0.15, -0.1) is 0 Å². The zero-order valence-corrected chi connectivity index (χ0v) is 7.25. The van der Waals surface area contributed by atoms with Crippen LogP contribution < -0.4 is 0 Å². The molecule has 0 amide bonds. The highest BCUT2D eigenvalue weighted by atomic mass is 32.4. The third kappa shape index (κ3) is 3.48. The van der Waals surface area contributed by atoms with Crippen molar-refractivity contribution in [1.29, 1.82) is 0 Å². The maximum absolute atomic E-state index is 11.8. The molecule has 0 radical (unpaired) electrons. The Kier molecular flexibility index (Phi) is 2.61. The van der Waals surface area contributed by atoms with E-state index in [-0.39, 0.29) is 16.1 Å². The van der Waals surface area contributed by atoms with Gasteiger partial charge < -0.3 is 0 Å². The topological polar surface area (TPSA) is 0 Å². The van der Waals surface area contributed by atoms with Gasteiger partial charge in [-0.2, -0.15) is 0 Å². The lowest BCUT2D eigenvalue weighted by atomic mass is 10.4. The molecule has 0 nitrogen and oxygen atoms in total. The van der Waals surface area contributed by atoms with E-state index in [1.807, 2.05) is 0 Å². The zero-order chi connectivity index (χ0) is 8.32. The molecule has 0 heterocycles. The van der Waals surface area contributed by atoms with Gasteiger partial charge in [-0.1, -0.05) is 18.2 Å². The highest BCUT2D eigenvalue weighted by molar-refractivity contribution is 8.26. The van der Waals surface area contributed by atoms with E-state index in [9.17, 15) is 12.3 Å². The summed E-state index contributed by atoms with van der Waals surface area (Å²) in [7, 11) is -5.48. The molecule has 0 fully saturated rings. The first-order valence-corrected chi connectivity index (χ1v) is 6.06. The molecule has 60 valence electrons. The van der Waals surface area contributed by atoms with Gasteiger partial charge in [0.15, 0.2) is 0 Å². The van der Waals surface area contributed by atoms with Gasteiger partial charge in [0.05, 0.1) is 0 Å². The zero-order valence-electron chi connectivity index (χ0n) is 5.43. The van der Waals surface area contributed by atoms with Gasteiger partial charge in [0.25, 0.3) is 0 Å². The average molecular weight is 194 g/mol. The Morgan fingerprint density at radius 2 is 1.55 bits per heavy atom. The molecule has 0 atom stereocenters. The fraction of sp³-hybridized carbons (Fsp3) is 0. The maximum Gasteiger partial charge on any atom is 0.695 e. The van der Waals surface area contributed by atoms with Crippen molar-refractivity contribution in [2.45, 2.75) is 4.90 Å². The Bertz CT molecular complexity index is 221. The van der Waals surface area contributed by atoms with Crippen LogP contribution in [0.1, 0.15) is 0 Å². The molecule has 0 saturated carbocycles. The third-order valence-electron chi connectivity index (χ3n) is 0.977. The van der Waals surface area contributed by atoms with Crippen LogP contribution in [-0.4, -0.2) is 8.22 Å². The summed E-state index contributed by atoms with van der Waals surface area (Å²) in [5.74, 6) is 0. The predicted octanol–water partition coefficient (Wildman–Crippen LogP) is 3.12. The predicted molar refractivity (Wildman–Crippen MR) is 41.4 cm³/mol. The smallest absolute Gasteiger partial charge is 0.229 e. The van der Waals surface area contributed by atoms with E-state index in [0.29, 0.717) is 0 Å². The van der Waals surface area contributed by atoms with Crippen molar-refractivity contribution in [3.63, 3.8) is 0 Å². The van der Waals surface area contributed by atoms with E-state index in [4.69, 9.17) is 0 Å². The molecule has 0 aliphatic carbocycles. The van der Waals surface area contributed by atoms with Crippen molar-refractivity contribution >= 4 is 19.4 Å². The summed E-state index contributed by atoms with van der Waals surface area (Å²) in [4.78, 5) is 0.284. The molecule has 0 spiro atoms. The van der Waals surface area contributed by atoms with Gasteiger partial charge in [-0.3, -0.25) is 0 Å². The summed E-state index contributed by atoms with van der Waals surface area (Å²) in [6, 6.07) is 7.82. The molecule has 0 saturated heterocycles. The minimum absolute atomic E-state index is 0.0396. The van der Waals surface area contributed by atoms with E-state index >= 15 is 0 Å². The minimum Gasteiger partial charge on any atom is -0.229 e. The molecule has 1 rings (SSSR count). The number of benzene rings is 1. The molecular weight excluding hydrogens is 189 g/mol. The van der Waals surface area contributed by atoms with E-state index < -0.39 is 8.22 Å². The highest BCUT2D eigenvalue weighted by Crippen LogP contribution is 2.31. The monoisotopic (exact) mass is 194 g/mol. The minimum atomic E-state index is -5.48. The van der Waals surface area contributed by atoms with Crippen LogP contribution in [0, 0.1) is 0 Å². The van der Waals surface area contributed by atoms with Gasteiger partial charge in [-0.05, 0) is 23.3 Å². The molecule has 5 heteroatoms. The molecule has 0 aromatic heterocycles. The fourth-order valence-corrected chi connectivity index (χ4v) is 2.39. The quantitative estimate of drug-likeness (QED) is 0.515. The number of rotatable bonds is 2.